The first-order valence-electron chi connectivity index (χ1n) is 7.80. The minimum absolute atomic E-state index is 0.201. The van der Waals surface area contributed by atoms with Crippen molar-refractivity contribution in [3.63, 3.8) is 0 Å². The predicted molar refractivity (Wildman–Crippen MR) is 86.1 cm³/mol. The Morgan fingerprint density at radius 1 is 1.18 bits per heavy atom. The molecule has 4 rings (SSSR count). The van der Waals surface area contributed by atoms with Gasteiger partial charge in [0.1, 0.15) is 5.48 Å². The third kappa shape index (κ3) is 2.07. The maximum atomic E-state index is 9.04. The number of H-pyrrole nitrogens is 1. The fraction of sp³-hybridized carbons (Fsp3) is 0.278. The smallest absolute Gasteiger partial charge is 0.138 e. The van der Waals surface area contributed by atoms with Crippen molar-refractivity contribution < 1.29 is 5.11 Å². The Kier molecular flexibility index (Phi) is 3.31. The van der Waals surface area contributed by atoms with Gasteiger partial charge in [0.05, 0.1) is 6.04 Å². The van der Waals surface area contributed by atoms with Gasteiger partial charge in [-0.2, -0.15) is 0 Å². The standard InChI is InChI=1S/C18H19N3O/c22-10-4-3-7-16-14-11-20-18-17(14)13(8-9-19-18)12-5-1-2-6-15(12)21-16/h1-2,5-6,8-9,11,15,19,21-22H,3-4,7,10H2. The van der Waals surface area contributed by atoms with Crippen molar-refractivity contribution in [1.82, 2.24) is 15.3 Å². The summed E-state index contributed by atoms with van der Waals surface area (Å²) in [5.74, 6) is 0. The zero-order valence-electron chi connectivity index (χ0n) is 12.3. The Morgan fingerprint density at radius 2 is 2.14 bits per heavy atom. The van der Waals surface area contributed by atoms with Crippen LogP contribution in [0.25, 0.3) is 11.3 Å². The lowest BCUT2D eigenvalue weighted by Crippen LogP contribution is -2.30. The van der Waals surface area contributed by atoms with Gasteiger partial charge in [-0.25, -0.2) is 4.98 Å². The third-order valence-electron chi connectivity index (χ3n) is 4.39. The molecule has 0 bridgehead atoms. The highest BCUT2D eigenvalue weighted by Gasteiger charge is 2.18. The van der Waals surface area contributed by atoms with Crippen LogP contribution >= 0.6 is 0 Å². The summed E-state index contributed by atoms with van der Waals surface area (Å²) in [5.41, 5.74) is 3.44. The Hall–Kier alpha value is -2.33. The maximum Gasteiger partial charge on any atom is 0.138 e. The number of unbranched alkanes of at least 4 members (excludes halogenated alkanes) is 1. The molecule has 4 aliphatic rings. The van der Waals surface area contributed by atoms with Crippen LogP contribution in [0.4, 0.5) is 0 Å². The molecule has 0 saturated heterocycles. The Bertz CT molecular complexity index is 936. The average molecular weight is 293 g/mol. The van der Waals surface area contributed by atoms with Crippen LogP contribution in [0.1, 0.15) is 19.3 Å². The maximum absolute atomic E-state index is 9.04. The van der Waals surface area contributed by atoms with Gasteiger partial charge < -0.3 is 15.4 Å². The van der Waals surface area contributed by atoms with Crippen molar-refractivity contribution in [3.05, 3.63) is 63.9 Å². The lowest BCUT2D eigenvalue weighted by Gasteiger charge is -2.20. The highest BCUT2D eigenvalue weighted by molar-refractivity contribution is 5.70. The van der Waals surface area contributed by atoms with Crippen molar-refractivity contribution in [2.75, 3.05) is 6.61 Å². The van der Waals surface area contributed by atoms with Gasteiger partial charge >= 0.3 is 0 Å². The van der Waals surface area contributed by atoms with E-state index in [1.165, 1.54) is 26.9 Å². The first-order chi connectivity index (χ1) is 10.9. The van der Waals surface area contributed by atoms with Gasteiger partial charge in [0.15, 0.2) is 0 Å². The number of nitrogens with one attached hydrogen (secondary N) is 2. The Morgan fingerprint density at radius 3 is 3.05 bits per heavy atom. The topological polar surface area (TPSA) is 60.9 Å². The molecule has 0 fully saturated rings. The molecule has 3 heterocycles. The molecule has 1 aliphatic carbocycles. The molecular weight excluding hydrogens is 274 g/mol. The van der Waals surface area contributed by atoms with E-state index in [9.17, 15) is 0 Å². The number of aromatic amines is 1. The molecule has 0 saturated carbocycles. The zero-order chi connectivity index (χ0) is 14.9. The second kappa shape index (κ2) is 5.46. The quantitative estimate of drug-likeness (QED) is 0.726. The normalized spacial score (nSPS) is 19.2. The van der Waals surface area contributed by atoms with Crippen LogP contribution in [0.3, 0.4) is 0 Å². The van der Waals surface area contributed by atoms with Gasteiger partial charge in [-0.3, -0.25) is 0 Å². The first-order valence-corrected chi connectivity index (χ1v) is 7.80. The SMILES string of the molecule is OCCCCC1=c2cnc3[nH]ccc(c2=3)=C2C=CC=CC2N1. The summed E-state index contributed by atoms with van der Waals surface area (Å²) in [6, 6.07) is 2.34. The number of allylic oxidation sites excluding steroid dienone is 2. The van der Waals surface area contributed by atoms with Crippen molar-refractivity contribution in [2.24, 2.45) is 0 Å². The van der Waals surface area contributed by atoms with Crippen LogP contribution in [0.5, 0.6) is 0 Å². The number of aliphatic hydroxyl groups is 1. The van der Waals surface area contributed by atoms with Gasteiger partial charge in [0.2, 0.25) is 0 Å². The van der Waals surface area contributed by atoms with Gasteiger partial charge in [-0.05, 0) is 36.1 Å². The summed E-state index contributed by atoms with van der Waals surface area (Å²) in [6.45, 7) is 0.246. The molecule has 4 nitrogen and oxygen atoms in total. The molecule has 0 radical (unpaired) electrons. The summed E-state index contributed by atoms with van der Waals surface area (Å²) in [4.78, 5) is 7.77. The van der Waals surface area contributed by atoms with Crippen LogP contribution in [0.2, 0.25) is 0 Å². The highest BCUT2D eigenvalue weighted by atomic mass is 16.2. The largest absolute Gasteiger partial charge is 0.396 e. The zero-order valence-corrected chi connectivity index (χ0v) is 12.3. The fourth-order valence-corrected chi connectivity index (χ4v) is 3.34. The van der Waals surface area contributed by atoms with Gasteiger partial charge in [0, 0.05) is 35.1 Å². The predicted octanol–water partition coefficient (Wildman–Crippen LogP) is 0.654. The number of fused-ring (bicyclic) bond motifs is 1. The summed E-state index contributed by atoms with van der Waals surface area (Å²) in [7, 11) is 0. The summed E-state index contributed by atoms with van der Waals surface area (Å²) < 4.78 is 0. The van der Waals surface area contributed by atoms with Crippen LogP contribution in [0, 0.1) is 10.7 Å². The van der Waals surface area contributed by atoms with Crippen molar-refractivity contribution in [1.29, 1.82) is 0 Å². The van der Waals surface area contributed by atoms with Crippen molar-refractivity contribution in [2.45, 2.75) is 25.3 Å². The Balaban J connectivity index is 2.02. The van der Waals surface area contributed by atoms with E-state index in [1.807, 2.05) is 12.4 Å². The second-order valence-electron chi connectivity index (χ2n) is 5.77. The molecule has 3 N–H and O–H groups in total. The lowest BCUT2D eigenvalue weighted by molar-refractivity contribution is 0.285. The molecular formula is C18H19N3O. The highest BCUT2D eigenvalue weighted by Crippen LogP contribution is 2.17. The molecule has 1 unspecified atom stereocenters. The van der Waals surface area contributed by atoms with E-state index in [4.69, 9.17) is 5.11 Å². The molecule has 4 heteroatoms. The monoisotopic (exact) mass is 293 g/mol. The second-order valence-corrected chi connectivity index (χ2v) is 5.77. The van der Waals surface area contributed by atoms with Crippen LogP contribution < -0.4 is 15.8 Å². The first kappa shape index (κ1) is 13.3. The molecule has 0 aromatic rings. The van der Waals surface area contributed by atoms with E-state index < -0.39 is 0 Å². The lowest BCUT2D eigenvalue weighted by atomic mass is 9.99. The minimum Gasteiger partial charge on any atom is -0.396 e. The molecule has 112 valence electrons. The summed E-state index contributed by atoms with van der Waals surface area (Å²) >= 11 is 0. The summed E-state index contributed by atoms with van der Waals surface area (Å²) in [5, 5.41) is 16.3. The molecule has 0 aromatic carbocycles. The van der Waals surface area contributed by atoms with E-state index in [0.717, 1.165) is 24.7 Å². The minimum atomic E-state index is 0.201. The molecule has 0 spiro atoms. The third-order valence-corrected chi connectivity index (χ3v) is 4.39. The van der Waals surface area contributed by atoms with Gasteiger partial charge in [-0.1, -0.05) is 24.3 Å². The molecule has 0 aromatic heterocycles. The average Bonchev–Trinajstić information content (AvgIpc) is 2.93. The van der Waals surface area contributed by atoms with Gasteiger partial charge in [0.25, 0.3) is 0 Å². The molecule has 1 atom stereocenters. The van der Waals surface area contributed by atoms with E-state index in [0.29, 0.717) is 0 Å². The van der Waals surface area contributed by atoms with Crippen LogP contribution in [-0.4, -0.2) is 27.7 Å². The molecule has 0 amide bonds. The van der Waals surface area contributed by atoms with Crippen molar-refractivity contribution >= 4 is 11.3 Å². The van der Waals surface area contributed by atoms with Crippen molar-refractivity contribution in [3.8, 4) is 0 Å². The van der Waals surface area contributed by atoms with Crippen LogP contribution in [0.15, 0.2) is 42.8 Å². The fourth-order valence-electron chi connectivity index (χ4n) is 3.34. The van der Waals surface area contributed by atoms with E-state index in [2.05, 4.69) is 45.7 Å². The van der Waals surface area contributed by atoms with Gasteiger partial charge in [-0.15, -0.1) is 0 Å². The number of aromatic nitrogens is 2. The number of aliphatic hydroxyl groups excluding tert-OH is 1. The van der Waals surface area contributed by atoms with E-state index in [1.54, 1.807) is 0 Å². The number of rotatable bonds is 4. The molecule has 22 heavy (non-hydrogen) atoms. The van der Waals surface area contributed by atoms with E-state index >= 15 is 0 Å². The number of nitrogens with zero attached hydrogens (tertiary/aromatic N) is 1. The number of hydrogen-bond donors (Lipinski definition) is 3. The number of hydrogen-bond acceptors (Lipinski definition) is 3. The summed E-state index contributed by atoms with van der Waals surface area (Å²) in [6.07, 6.45) is 15.2. The molecule has 3 aliphatic heterocycles. The Labute approximate surface area is 128 Å². The van der Waals surface area contributed by atoms with Crippen LogP contribution in [-0.2, 0) is 0 Å². The van der Waals surface area contributed by atoms with E-state index in [-0.39, 0.29) is 12.6 Å².